The van der Waals surface area contributed by atoms with Gasteiger partial charge in [-0.25, -0.2) is 9.18 Å². The van der Waals surface area contributed by atoms with Gasteiger partial charge in [-0.05, 0) is 53.9 Å². The van der Waals surface area contributed by atoms with Crippen LogP contribution in [-0.2, 0) is 4.74 Å². The van der Waals surface area contributed by atoms with Crippen LogP contribution < -0.4 is 5.32 Å². The van der Waals surface area contributed by atoms with Crippen LogP contribution in [0.2, 0.25) is 0 Å². The monoisotopic (exact) mass is 329 g/mol. The Bertz CT molecular complexity index is 886. The molecule has 3 aromatic rings. The number of amides is 1. The summed E-state index contributed by atoms with van der Waals surface area (Å²) in [5.41, 5.74) is 0.967. The van der Waals surface area contributed by atoms with Crippen LogP contribution in [0.4, 0.5) is 10.1 Å². The fraction of sp³-hybridized carbons (Fsp3) is 0.0588. The minimum absolute atomic E-state index is 0.280. The summed E-state index contributed by atoms with van der Waals surface area (Å²) >= 11 is 1.29. The van der Waals surface area contributed by atoms with Crippen molar-refractivity contribution in [1.29, 1.82) is 0 Å². The molecule has 4 nitrogen and oxygen atoms in total. The van der Waals surface area contributed by atoms with Crippen molar-refractivity contribution < 1.29 is 18.7 Å². The maximum absolute atomic E-state index is 13.2. The lowest BCUT2D eigenvalue weighted by Crippen LogP contribution is -2.10. The van der Waals surface area contributed by atoms with E-state index in [-0.39, 0.29) is 11.7 Å². The van der Waals surface area contributed by atoms with E-state index in [4.69, 9.17) is 0 Å². The molecule has 0 saturated heterocycles. The second-order valence-electron chi connectivity index (χ2n) is 4.82. The smallest absolute Gasteiger partial charge is 0.337 e. The molecule has 0 aliphatic heterocycles. The maximum Gasteiger partial charge on any atom is 0.337 e. The molecule has 0 aliphatic carbocycles. The summed E-state index contributed by atoms with van der Waals surface area (Å²) in [7, 11) is 1.31. The van der Waals surface area contributed by atoms with Gasteiger partial charge in [-0.3, -0.25) is 4.79 Å². The summed E-state index contributed by atoms with van der Waals surface area (Å²) in [6, 6.07) is 12.5. The number of anilines is 1. The van der Waals surface area contributed by atoms with Crippen molar-refractivity contribution in [3.8, 4) is 0 Å². The first-order valence-electron chi connectivity index (χ1n) is 6.75. The molecule has 0 aliphatic rings. The SMILES string of the molecule is COC(=O)c1ccc(NC(=O)c2cc3cc(F)ccc3s2)cc1. The molecule has 0 bridgehead atoms. The quantitative estimate of drug-likeness (QED) is 0.737. The second-order valence-corrected chi connectivity index (χ2v) is 5.90. The number of nitrogens with one attached hydrogen (secondary N) is 1. The van der Waals surface area contributed by atoms with E-state index in [9.17, 15) is 14.0 Å². The Morgan fingerprint density at radius 1 is 1.09 bits per heavy atom. The second kappa shape index (κ2) is 6.18. The number of hydrogen-bond acceptors (Lipinski definition) is 4. The first-order valence-corrected chi connectivity index (χ1v) is 7.57. The van der Waals surface area contributed by atoms with Gasteiger partial charge in [-0.2, -0.15) is 0 Å². The Morgan fingerprint density at radius 2 is 1.83 bits per heavy atom. The molecule has 0 atom stereocenters. The van der Waals surface area contributed by atoms with Crippen molar-refractivity contribution >= 4 is 39.0 Å². The molecule has 1 amide bonds. The van der Waals surface area contributed by atoms with E-state index >= 15 is 0 Å². The predicted octanol–water partition coefficient (Wildman–Crippen LogP) is 4.08. The summed E-state index contributed by atoms with van der Waals surface area (Å²) in [4.78, 5) is 24.1. The molecule has 0 spiro atoms. The van der Waals surface area contributed by atoms with Crippen LogP contribution in [0.15, 0.2) is 48.5 Å². The molecule has 1 heterocycles. The summed E-state index contributed by atoms with van der Waals surface area (Å²) in [6.45, 7) is 0. The summed E-state index contributed by atoms with van der Waals surface area (Å²) in [6.07, 6.45) is 0. The third-order valence-electron chi connectivity index (χ3n) is 3.27. The molecule has 0 saturated carbocycles. The van der Waals surface area contributed by atoms with Crippen LogP contribution in [0.5, 0.6) is 0 Å². The zero-order valence-electron chi connectivity index (χ0n) is 12.1. The number of ether oxygens (including phenoxy) is 1. The zero-order valence-corrected chi connectivity index (χ0v) is 12.9. The van der Waals surface area contributed by atoms with Gasteiger partial charge in [0.1, 0.15) is 5.82 Å². The first-order chi connectivity index (χ1) is 11.1. The fourth-order valence-electron chi connectivity index (χ4n) is 2.13. The molecule has 1 N–H and O–H groups in total. The summed E-state index contributed by atoms with van der Waals surface area (Å²) in [5, 5.41) is 3.44. The van der Waals surface area contributed by atoms with Crippen molar-refractivity contribution in [2.45, 2.75) is 0 Å². The Morgan fingerprint density at radius 3 is 2.52 bits per heavy atom. The standard InChI is InChI=1S/C17H12FNO3S/c1-22-17(21)10-2-5-13(6-3-10)19-16(20)15-9-11-8-12(18)4-7-14(11)23-15/h2-9H,1H3,(H,19,20). The summed E-state index contributed by atoms with van der Waals surface area (Å²) in [5.74, 6) is -1.05. The van der Waals surface area contributed by atoms with Crippen LogP contribution in [0.1, 0.15) is 20.0 Å². The van der Waals surface area contributed by atoms with Gasteiger partial charge in [-0.15, -0.1) is 11.3 Å². The minimum atomic E-state index is -0.436. The molecule has 6 heteroatoms. The van der Waals surface area contributed by atoms with E-state index < -0.39 is 5.97 Å². The molecule has 0 radical (unpaired) electrons. The Kier molecular flexibility index (Phi) is 4.08. The number of esters is 1. The van der Waals surface area contributed by atoms with E-state index in [0.717, 1.165) is 4.70 Å². The lowest BCUT2D eigenvalue weighted by Gasteiger charge is -2.04. The third kappa shape index (κ3) is 3.22. The number of hydrogen-bond donors (Lipinski definition) is 1. The van der Waals surface area contributed by atoms with Crippen molar-refractivity contribution in [3.05, 3.63) is 64.8 Å². The summed E-state index contributed by atoms with van der Waals surface area (Å²) < 4.78 is 18.7. The van der Waals surface area contributed by atoms with Crippen LogP contribution in [0, 0.1) is 5.82 Å². The highest BCUT2D eigenvalue weighted by molar-refractivity contribution is 7.20. The van der Waals surface area contributed by atoms with Gasteiger partial charge in [0.2, 0.25) is 0 Å². The van der Waals surface area contributed by atoms with Gasteiger partial charge >= 0.3 is 5.97 Å². The molecule has 3 rings (SSSR count). The molecule has 0 fully saturated rings. The molecule has 1 aromatic heterocycles. The van der Waals surface area contributed by atoms with E-state index in [2.05, 4.69) is 10.1 Å². The van der Waals surface area contributed by atoms with E-state index in [1.165, 1.54) is 30.6 Å². The van der Waals surface area contributed by atoms with E-state index in [1.54, 1.807) is 36.4 Å². The van der Waals surface area contributed by atoms with Crippen molar-refractivity contribution in [3.63, 3.8) is 0 Å². The van der Waals surface area contributed by atoms with Crippen molar-refractivity contribution in [1.82, 2.24) is 0 Å². The molecule has 2 aromatic carbocycles. The molecular weight excluding hydrogens is 317 g/mol. The number of rotatable bonds is 3. The van der Waals surface area contributed by atoms with Gasteiger partial charge < -0.3 is 10.1 Å². The predicted molar refractivity (Wildman–Crippen MR) is 87.5 cm³/mol. The van der Waals surface area contributed by atoms with E-state index in [0.29, 0.717) is 21.5 Å². The average Bonchev–Trinajstić information content (AvgIpc) is 2.98. The number of fused-ring (bicyclic) bond motifs is 1. The molecular formula is C17H12FNO3S. The highest BCUT2D eigenvalue weighted by atomic mass is 32.1. The van der Waals surface area contributed by atoms with Crippen molar-refractivity contribution in [2.75, 3.05) is 12.4 Å². The largest absolute Gasteiger partial charge is 0.465 e. The van der Waals surface area contributed by atoms with Crippen molar-refractivity contribution in [2.24, 2.45) is 0 Å². The number of halogens is 1. The Balaban J connectivity index is 1.78. The van der Waals surface area contributed by atoms with Crippen LogP contribution in [-0.4, -0.2) is 19.0 Å². The molecule has 23 heavy (non-hydrogen) atoms. The maximum atomic E-state index is 13.2. The highest BCUT2D eigenvalue weighted by Gasteiger charge is 2.12. The van der Waals surface area contributed by atoms with Crippen LogP contribution in [0.25, 0.3) is 10.1 Å². The Hall–Kier alpha value is -2.73. The Labute approximate surface area is 135 Å². The lowest BCUT2D eigenvalue weighted by atomic mass is 10.2. The molecule has 0 unspecified atom stereocenters. The van der Waals surface area contributed by atoms with Gasteiger partial charge in [-0.1, -0.05) is 0 Å². The number of carbonyl (C=O) groups is 2. The first kappa shape index (κ1) is 15.2. The van der Waals surface area contributed by atoms with Gasteiger partial charge in [0.25, 0.3) is 5.91 Å². The number of methoxy groups -OCH3 is 1. The van der Waals surface area contributed by atoms with E-state index in [1.807, 2.05) is 0 Å². The lowest BCUT2D eigenvalue weighted by molar-refractivity contribution is 0.0600. The fourth-order valence-corrected chi connectivity index (χ4v) is 3.06. The number of carbonyl (C=O) groups excluding carboxylic acids is 2. The third-order valence-corrected chi connectivity index (χ3v) is 4.38. The number of benzene rings is 2. The van der Waals surface area contributed by atoms with Crippen LogP contribution in [0.3, 0.4) is 0 Å². The minimum Gasteiger partial charge on any atom is -0.465 e. The van der Waals surface area contributed by atoms with Gasteiger partial charge in [0.05, 0.1) is 17.6 Å². The van der Waals surface area contributed by atoms with Crippen LogP contribution >= 0.6 is 11.3 Å². The average molecular weight is 329 g/mol. The molecule has 116 valence electrons. The van der Waals surface area contributed by atoms with Gasteiger partial charge in [0, 0.05) is 10.4 Å². The normalized spacial score (nSPS) is 10.5. The highest BCUT2D eigenvalue weighted by Crippen LogP contribution is 2.27. The topological polar surface area (TPSA) is 55.4 Å². The zero-order chi connectivity index (χ0) is 16.4. The van der Waals surface area contributed by atoms with Gasteiger partial charge in [0.15, 0.2) is 0 Å². The number of thiophene rings is 1.